The highest BCUT2D eigenvalue weighted by molar-refractivity contribution is 5.35. The van der Waals surface area contributed by atoms with Gasteiger partial charge in [-0.05, 0) is 31.9 Å². The molecule has 1 aliphatic heterocycles. The minimum atomic E-state index is -3.13. The van der Waals surface area contributed by atoms with Crippen LogP contribution in [0.5, 0.6) is 0 Å². The monoisotopic (exact) mass is 198 g/mol. The van der Waals surface area contributed by atoms with E-state index < -0.39 is 12.2 Å². The summed E-state index contributed by atoms with van der Waals surface area (Å²) in [5.74, 6) is 0. The molecule has 0 saturated heterocycles. The van der Waals surface area contributed by atoms with Crippen molar-refractivity contribution in [3.05, 3.63) is 34.9 Å². The van der Waals surface area contributed by atoms with E-state index in [1.807, 2.05) is 6.07 Å². The number of benzene rings is 1. The van der Waals surface area contributed by atoms with Crippen molar-refractivity contribution >= 4 is 0 Å². The SMILES string of the molecule is Cc1ccc2c(c1)C(F)(F)OC(C)C2. The normalized spacial score (nSPS) is 24.4. The minimum absolute atomic E-state index is 0.0237. The van der Waals surface area contributed by atoms with Crippen molar-refractivity contribution in [2.24, 2.45) is 0 Å². The van der Waals surface area contributed by atoms with Gasteiger partial charge in [0, 0.05) is 0 Å². The highest BCUT2D eigenvalue weighted by atomic mass is 19.3. The highest BCUT2D eigenvalue weighted by Crippen LogP contribution is 2.38. The third kappa shape index (κ3) is 1.52. The molecule has 1 atom stereocenters. The van der Waals surface area contributed by atoms with Crippen molar-refractivity contribution < 1.29 is 13.5 Å². The predicted molar refractivity (Wildman–Crippen MR) is 49.3 cm³/mol. The summed E-state index contributed by atoms with van der Waals surface area (Å²) < 4.78 is 31.4. The standard InChI is InChI=1S/C11H12F2O/c1-7-3-4-9-6-8(2)14-11(12,13)10(9)5-7/h3-5,8H,6H2,1-2H3. The molecule has 76 valence electrons. The molecule has 1 aliphatic rings. The van der Waals surface area contributed by atoms with Gasteiger partial charge in [-0.25, -0.2) is 0 Å². The summed E-state index contributed by atoms with van der Waals surface area (Å²) in [5, 5.41) is 0. The van der Waals surface area contributed by atoms with E-state index in [9.17, 15) is 8.78 Å². The molecular weight excluding hydrogens is 186 g/mol. The third-order valence-corrected chi connectivity index (χ3v) is 2.44. The number of rotatable bonds is 0. The van der Waals surface area contributed by atoms with Gasteiger partial charge in [-0.3, -0.25) is 0 Å². The molecule has 0 aromatic heterocycles. The second-order valence-corrected chi connectivity index (χ2v) is 3.81. The second kappa shape index (κ2) is 3.02. The molecule has 0 aliphatic carbocycles. The molecule has 0 N–H and O–H groups in total. The van der Waals surface area contributed by atoms with Gasteiger partial charge < -0.3 is 4.74 Å². The molecule has 1 aromatic rings. The van der Waals surface area contributed by atoms with Crippen LogP contribution in [0.1, 0.15) is 23.6 Å². The zero-order valence-electron chi connectivity index (χ0n) is 8.18. The Morgan fingerprint density at radius 1 is 1.43 bits per heavy atom. The van der Waals surface area contributed by atoms with Crippen LogP contribution in [0.2, 0.25) is 0 Å². The number of alkyl halides is 2. The van der Waals surface area contributed by atoms with Gasteiger partial charge in [0.2, 0.25) is 0 Å². The molecule has 1 unspecified atom stereocenters. The van der Waals surface area contributed by atoms with Crippen LogP contribution in [-0.4, -0.2) is 6.10 Å². The Kier molecular flexibility index (Phi) is 2.07. The molecule has 1 nitrogen and oxygen atoms in total. The van der Waals surface area contributed by atoms with Gasteiger partial charge >= 0.3 is 6.11 Å². The first kappa shape index (κ1) is 9.59. The Bertz CT molecular complexity index is 360. The fourth-order valence-electron chi connectivity index (χ4n) is 1.81. The average Bonchev–Trinajstić information content (AvgIpc) is 2.05. The number of hydrogen-bond donors (Lipinski definition) is 0. The Balaban J connectivity index is 2.53. The van der Waals surface area contributed by atoms with E-state index in [0.29, 0.717) is 12.0 Å². The van der Waals surface area contributed by atoms with Crippen LogP contribution >= 0.6 is 0 Å². The van der Waals surface area contributed by atoms with Crippen LogP contribution in [0, 0.1) is 6.92 Å². The van der Waals surface area contributed by atoms with E-state index in [-0.39, 0.29) is 5.56 Å². The van der Waals surface area contributed by atoms with E-state index in [1.54, 1.807) is 19.9 Å². The van der Waals surface area contributed by atoms with E-state index in [2.05, 4.69) is 4.74 Å². The summed E-state index contributed by atoms with van der Waals surface area (Å²) in [6.07, 6.45) is -2.98. The molecule has 14 heavy (non-hydrogen) atoms. The predicted octanol–water partition coefficient (Wildman–Crippen LogP) is 3.01. The lowest BCUT2D eigenvalue weighted by Gasteiger charge is -2.29. The summed E-state index contributed by atoms with van der Waals surface area (Å²) in [5.41, 5.74) is 1.55. The van der Waals surface area contributed by atoms with Crippen LogP contribution in [0.4, 0.5) is 8.78 Å². The van der Waals surface area contributed by atoms with Crippen molar-refractivity contribution in [1.82, 2.24) is 0 Å². The Hall–Kier alpha value is -0.960. The second-order valence-electron chi connectivity index (χ2n) is 3.81. The zero-order chi connectivity index (χ0) is 10.3. The van der Waals surface area contributed by atoms with Crippen LogP contribution in [0.15, 0.2) is 18.2 Å². The van der Waals surface area contributed by atoms with Gasteiger partial charge in [-0.2, -0.15) is 8.78 Å². The lowest BCUT2D eigenvalue weighted by Crippen LogP contribution is -2.32. The smallest absolute Gasteiger partial charge is 0.313 e. The first-order valence-corrected chi connectivity index (χ1v) is 4.64. The van der Waals surface area contributed by atoms with Crippen LogP contribution in [0.3, 0.4) is 0 Å². The molecule has 0 radical (unpaired) electrons. The maximum Gasteiger partial charge on any atom is 0.383 e. The number of hydrogen-bond acceptors (Lipinski definition) is 1. The van der Waals surface area contributed by atoms with Crippen molar-refractivity contribution in [3.8, 4) is 0 Å². The van der Waals surface area contributed by atoms with E-state index >= 15 is 0 Å². The van der Waals surface area contributed by atoms with Gasteiger partial charge in [-0.1, -0.05) is 17.7 Å². The quantitative estimate of drug-likeness (QED) is 0.622. The van der Waals surface area contributed by atoms with Gasteiger partial charge in [0.1, 0.15) is 0 Å². The Morgan fingerprint density at radius 2 is 2.14 bits per heavy atom. The summed E-state index contributed by atoms with van der Waals surface area (Å²) in [4.78, 5) is 0. The summed E-state index contributed by atoms with van der Waals surface area (Å²) in [7, 11) is 0. The van der Waals surface area contributed by atoms with Crippen LogP contribution in [0.25, 0.3) is 0 Å². The molecule has 3 heteroatoms. The zero-order valence-corrected chi connectivity index (χ0v) is 8.18. The summed E-state index contributed by atoms with van der Waals surface area (Å²) >= 11 is 0. The minimum Gasteiger partial charge on any atom is -0.313 e. The first-order chi connectivity index (χ1) is 6.49. The lowest BCUT2D eigenvalue weighted by atomic mass is 9.96. The van der Waals surface area contributed by atoms with Crippen molar-refractivity contribution in [2.45, 2.75) is 32.5 Å². The number of ether oxygens (including phenoxy) is 1. The number of aryl methyl sites for hydroxylation is 1. The number of fused-ring (bicyclic) bond motifs is 1. The molecule has 0 fully saturated rings. The van der Waals surface area contributed by atoms with Crippen LogP contribution in [-0.2, 0) is 17.3 Å². The Labute approximate surface area is 81.7 Å². The number of halogens is 2. The molecule has 0 bridgehead atoms. The van der Waals surface area contributed by atoms with Crippen LogP contribution < -0.4 is 0 Å². The van der Waals surface area contributed by atoms with Gasteiger partial charge in [0.05, 0.1) is 11.7 Å². The van der Waals surface area contributed by atoms with E-state index in [1.165, 1.54) is 6.07 Å². The average molecular weight is 198 g/mol. The molecular formula is C11H12F2O. The maximum absolute atomic E-state index is 13.4. The summed E-state index contributed by atoms with van der Waals surface area (Å²) in [6, 6.07) is 5.12. The van der Waals surface area contributed by atoms with Gasteiger partial charge in [-0.15, -0.1) is 0 Å². The topological polar surface area (TPSA) is 9.23 Å². The molecule has 1 aromatic carbocycles. The molecule has 1 heterocycles. The van der Waals surface area contributed by atoms with Crippen molar-refractivity contribution in [1.29, 1.82) is 0 Å². The fourth-order valence-corrected chi connectivity index (χ4v) is 1.81. The van der Waals surface area contributed by atoms with Gasteiger partial charge in [0.25, 0.3) is 0 Å². The van der Waals surface area contributed by atoms with E-state index in [0.717, 1.165) is 5.56 Å². The maximum atomic E-state index is 13.4. The van der Waals surface area contributed by atoms with Gasteiger partial charge in [0.15, 0.2) is 0 Å². The molecule has 0 spiro atoms. The third-order valence-electron chi connectivity index (χ3n) is 2.44. The van der Waals surface area contributed by atoms with Crippen molar-refractivity contribution in [3.63, 3.8) is 0 Å². The largest absolute Gasteiger partial charge is 0.383 e. The summed E-state index contributed by atoms with van der Waals surface area (Å²) in [6.45, 7) is 3.46. The molecule has 0 amide bonds. The first-order valence-electron chi connectivity index (χ1n) is 4.64. The van der Waals surface area contributed by atoms with Crippen molar-refractivity contribution in [2.75, 3.05) is 0 Å². The van der Waals surface area contributed by atoms with E-state index in [4.69, 9.17) is 0 Å². The lowest BCUT2D eigenvalue weighted by molar-refractivity contribution is -0.277. The molecule has 2 rings (SSSR count). The highest BCUT2D eigenvalue weighted by Gasteiger charge is 2.40. The Morgan fingerprint density at radius 3 is 2.86 bits per heavy atom. The molecule has 0 saturated carbocycles. The fraction of sp³-hybridized carbons (Fsp3) is 0.455.